The summed E-state index contributed by atoms with van der Waals surface area (Å²) in [6.07, 6.45) is 2.30. The van der Waals surface area contributed by atoms with Crippen molar-refractivity contribution in [1.82, 2.24) is 9.88 Å². The average molecular weight is 322 g/mol. The van der Waals surface area contributed by atoms with Crippen molar-refractivity contribution in [1.29, 1.82) is 0 Å². The Kier molecular flexibility index (Phi) is 3.27. The number of carbonyl (C=O) groups excluding carboxylic acids is 1. The minimum Gasteiger partial charge on any atom is -0.346 e. The van der Waals surface area contributed by atoms with Crippen LogP contribution in [-0.4, -0.2) is 42.0 Å². The third-order valence-corrected chi connectivity index (χ3v) is 5.66. The predicted molar refractivity (Wildman–Crippen MR) is 86.1 cm³/mol. The molecule has 2 saturated heterocycles. The van der Waals surface area contributed by atoms with E-state index in [1.54, 1.807) is 11.3 Å². The standard InChI is InChI=1S/C15H16ClN3OS/c16-11-4-3-5-12-13(11)17-15(21-12)19-8-10(9-19)14(20)18-6-1-2-7-18/h3-5,10H,1-2,6-9H2. The molecule has 2 aromatic rings. The number of halogens is 1. The number of fused-ring (bicyclic) bond motifs is 1. The van der Waals surface area contributed by atoms with Crippen LogP contribution in [0, 0.1) is 5.92 Å². The number of carbonyl (C=O) groups is 1. The highest BCUT2D eigenvalue weighted by atomic mass is 35.5. The second-order valence-electron chi connectivity index (χ2n) is 5.72. The fourth-order valence-electron chi connectivity index (χ4n) is 3.03. The van der Waals surface area contributed by atoms with Gasteiger partial charge in [-0.05, 0) is 25.0 Å². The van der Waals surface area contributed by atoms with Gasteiger partial charge in [0, 0.05) is 26.2 Å². The number of benzene rings is 1. The Morgan fingerprint density at radius 3 is 2.76 bits per heavy atom. The molecule has 2 aliphatic heterocycles. The summed E-state index contributed by atoms with van der Waals surface area (Å²) in [4.78, 5) is 21.1. The predicted octanol–water partition coefficient (Wildman–Crippen LogP) is 3.01. The lowest BCUT2D eigenvalue weighted by Gasteiger charge is -2.39. The Bertz CT molecular complexity index is 689. The Morgan fingerprint density at radius 1 is 1.29 bits per heavy atom. The van der Waals surface area contributed by atoms with Crippen LogP contribution >= 0.6 is 22.9 Å². The summed E-state index contributed by atoms with van der Waals surface area (Å²) in [5.74, 6) is 0.466. The molecule has 4 rings (SSSR count). The van der Waals surface area contributed by atoms with Gasteiger partial charge < -0.3 is 9.80 Å². The number of anilines is 1. The molecule has 0 N–H and O–H groups in total. The molecule has 3 heterocycles. The van der Waals surface area contributed by atoms with Crippen LogP contribution < -0.4 is 4.90 Å². The van der Waals surface area contributed by atoms with Gasteiger partial charge >= 0.3 is 0 Å². The van der Waals surface area contributed by atoms with Crippen LogP contribution in [0.25, 0.3) is 10.2 Å². The van der Waals surface area contributed by atoms with Crippen LogP contribution in [0.3, 0.4) is 0 Å². The summed E-state index contributed by atoms with van der Waals surface area (Å²) < 4.78 is 1.10. The lowest BCUT2D eigenvalue weighted by molar-refractivity contribution is -0.135. The van der Waals surface area contributed by atoms with Crippen LogP contribution in [0.5, 0.6) is 0 Å². The first-order valence-corrected chi connectivity index (χ1v) is 8.50. The zero-order chi connectivity index (χ0) is 14.4. The van der Waals surface area contributed by atoms with Crippen molar-refractivity contribution in [2.24, 2.45) is 5.92 Å². The largest absolute Gasteiger partial charge is 0.346 e. The third kappa shape index (κ3) is 2.28. The van der Waals surface area contributed by atoms with Gasteiger partial charge in [-0.1, -0.05) is 29.0 Å². The molecule has 0 radical (unpaired) electrons. The van der Waals surface area contributed by atoms with Crippen molar-refractivity contribution >= 4 is 44.2 Å². The van der Waals surface area contributed by atoms with Crippen molar-refractivity contribution in [2.75, 3.05) is 31.1 Å². The molecule has 4 nitrogen and oxygen atoms in total. The van der Waals surface area contributed by atoms with E-state index >= 15 is 0 Å². The Labute approximate surface area is 132 Å². The van der Waals surface area contributed by atoms with Crippen LogP contribution in [0.15, 0.2) is 18.2 Å². The molecular weight excluding hydrogens is 306 g/mol. The van der Waals surface area contributed by atoms with E-state index in [2.05, 4.69) is 9.88 Å². The topological polar surface area (TPSA) is 36.4 Å². The minimum atomic E-state index is 0.144. The summed E-state index contributed by atoms with van der Waals surface area (Å²) in [6, 6.07) is 5.85. The van der Waals surface area contributed by atoms with E-state index in [1.165, 1.54) is 0 Å². The quantitative estimate of drug-likeness (QED) is 0.853. The first-order chi connectivity index (χ1) is 10.2. The average Bonchev–Trinajstić information content (AvgIpc) is 3.06. The number of hydrogen-bond donors (Lipinski definition) is 0. The number of nitrogens with zero attached hydrogens (tertiary/aromatic N) is 3. The van der Waals surface area contributed by atoms with Gasteiger partial charge in [0.25, 0.3) is 0 Å². The van der Waals surface area contributed by atoms with Crippen molar-refractivity contribution in [2.45, 2.75) is 12.8 Å². The van der Waals surface area contributed by atoms with E-state index < -0.39 is 0 Å². The van der Waals surface area contributed by atoms with Gasteiger partial charge in [0.1, 0.15) is 5.52 Å². The van der Waals surface area contributed by atoms with Gasteiger partial charge in [-0.3, -0.25) is 4.79 Å². The summed E-state index contributed by atoms with van der Waals surface area (Å²) >= 11 is 7.81. The maximum absolute atomic E-state index is 12.3. The molecule has 1 aromatic carbocycles. The molecule has 0 atom stereocenters. The molecule has 110 valence electrons. The Balaban J connectivity index is 1.46. The van der Waals surface area contributed by atoms with E-state index in [0.29, 0.717) is 10.9 Å². The number of aromatic nitrogens is 1. The molecule has 0 aliphatic carbocycles. The van der Waals surface area contributed by atoms with Gasteiger partial charge in [-0.2, -0.15) is 0 Å². The van der Waals surface area contributed by atoms with E-state index in [9.17, 15) is 4.79 Å². The number of likely N-dealkylation sites (tertiary alicyclic amines) is 1. The SMILES string of the molecule is O=C(C1CN(c2nc3c(Cl)cccc3s2)C1)N1CCCC1. The molecule has 6 heteroatoms. The van der Waals surface area contributed by atoms with Crippen LogP contribution in [-0.2, 0) is 4.79 Å². The molecule has 0 bridgehead atoms. The number of amides is 1. The maximum Gasteiger partial charge on any atom is 0.229 e. The van der Waals surface area contributed by atoms with Crippen molar-refractivity contribution < 1.29 is 4.79 Å². The summed E-state index contributed by atoms with van der Waals surface area (Å²) in [5, 5.41) is 1.67. The first kappa shape index (κ1) is 13.3. The molecule has 0 spiro atoms. The van der Waals surface area contributed by atoms with Crippen LogP contribution in [0.2, 0.25) is 5.02 Å². The molecule has 21 heavy (non-hydrogen) atoms. The highest BCUT2D eigenvalue weighted by Crippen LogP contribution is 2.36. The monoisotopic (exact) mass is 321 g/mol. The lowest BCUT2D eigenvalue weighted by atomic mass is 9.99. The maximum atomic E-state index is 12.3. The molecule has 0 saturated carbocycles. The van der Waals surface area contributed by atoms with E-state index in [0.717, 1.165) is 54.4 Å². The lowest BCUT2D eigenvalue weighted by Crippen LogP contribution is -2.54. The molecule has 1 amide bonds. The van der Waals surface area contributed by atoms with E-state index in [-0.39, 0.29) is 5.92 Å². The fraction of sp³-hybridized carbons (Fsp3) is 0.467. The first-order valence-electron chi connectivity index (χ1n) is 7.31. The van der Waals surface area contributed by atoms with Crippen LogP contribution in [0.1, 0.15) is 12.8 Å². The summed E-state index contributed by atoms with van der Waals surface area (Å²) in [6.45, 7) is 3.44. The minimum absolute atomic E-state index is 0.144. The summed E-state index contributed by atoms with van der Waals surface area (Å²) in [7, 11) is 0. The fourth-order valence-corrected chi connectivity index (χ4v) is 4.31. The van der Waals surface area contributed by atoms with Crippen LogP contribution in [0.4, 0.5) is 5.13 Å². The van der Waals surface area contributed by atoms with Crippen molar-refractivity contribution in [3.05, 3.63) is 23.2 Å². The second-order valence-corrected chi connectivity index (χ2v) is 7.13. The van der Waals surface area contributed by atoms with Gasteiger partial charge in [-0.15, -0.1) is 0 Å². The van der Waals surface area contributed by atoms with E-state index in [1.807, 2.05) is 23.1 Å². The highest BCUT2D eigenvalue weighted by molar-refractivity contribution is 7.22. The number of thiazole rings is 1. The zero-order valence-electron chi connectivity index (χ0n) is 11.6. The van der Waals surface area contributed by atoms with Crippen molar-refractivity contribution in [3.63, 3.8) is 0 Å². The molecule has 2 fully saturated rings. The van der Waals surface area contributed by atoms with Gasteiger partial charge in [0.05, 0.1) is 15.6 Å². The zero-order valence-corrected chi connectivity index (χ0v) is 13.2. The van der Waals surface area contributed by atoms with Gasteiger partial charge in [0.2, 0.25) is 5.91 Å². The molecular formula is C15H16ClN3OS. The van der Waals surface area contributed by atoms with Gasteiger partial charge in [0.15, 0.2) is 5.13 Å². The van der Waals surface area contributed by atoms with Crippen molar-refractivity contribution in [3.8, 4) is 0 Å². The third-order valence-electron chi connectivity index (χ3n) is 4.28. The summed E-state index contributed by atoms with van der Waals surface area (Å²) in [5.41, 5.74) is 0.869. The second kappa shape index (κ2) is 5.14. The smallest absolute Gasteiger partial charge is 0.229 e. The van der Waals surface area contributed by atoms with E-state index in [4.69, 9.17) is 11.6 Å². The molecule has 2 aliphatic rings. The number of para-hydroxylation sites is 1. The highest BCUT2D eigenvalue weighted by Gasteiger charge is 2.37. The normalized spacial score (nSPS) is 19.3. The van der Waals surface area contributed by atoms with Gasteiger partial charge in [-0.25, -0.2) is 4.98 Å². The molecule has 0 unspecified atom stereocenters. The number of rotatable bonds is 2. The Hall–Kier alpha value is -1.33. The Morgan fingerprint density at radius 2 is 2.05 bits per heavy atom. The molecule has 1 aromatic heterocycles. The number of hydrogen-bond acceptors (Lipinski definition) is 4.